The van der Waals surface area contributed by atoms with Crippen molar-refractivity contribution in [3.63, 3.8) is 0 Å². The van der Waals surface area contributed by atoms with E-state index in [-0.39, 0.29) is 11.3 Å². The van der Waals surface area contributed by atoms with Crippen LogP contribution in [0.1, 0.15) is 33.3 Å². The molecule has 2 rings (SSSR count). The molecule has 98 valence electrons. The van der Waals surface area contributed by atoms with Gasteiger partial charge >= 0.3 is 0 Å². The fourth-order valence-electron chi connectivity index (χ4n) is 2.30. The Morgan fingerprint density at radius 2 is 2.16 bits per heavy atom. The maximum atomic E-state index is 11.1. The summed E-state index contributed by atoms with van der Waals surface area (Å²) in [5.74, 6) is -0.108. The summed E-state index contributed by atoms with van der Waals surface area (Å²) in [7, 11) is 0. The fourth-order valence-corrected chi connectivity index (χ4v) is 2.30. The van der Waals surface area contributed by atoms with Crippen LogP contribution in [0.2, 0.25) is 0 Å². The molecule has 0 saturated heterocycles. The average molecular weight is 258 g/mol. The molecule has 0 fully saturated rings. The third-order valence-electron chi connectivity index (χ3n) is 3.57. The van der Waals surface area contributed by atoms with Crippen LogP contribution >= 0.6 is 0 Å². The first kappa shape index (κ1) is 13.1. The Morgan fingerprint density at radius 1 is 1.47 bits per heavy atom. The van der Waals surface area contributed by atoms with Gasteiger partial charge in [-0.05, 0) is 26.0 Å². The van der Waals surface area contributed by atoms with Gasteiger partial charge in [0.05, 0.1) is 10.3 Å². The monoisotopic (exact) mass is 258 g/mol. The molecule has 1 amide bonds. The molecule has 0 radical (unpaired) electrons. The van der Waals surface area contributed by atoms with Gasteiger partial charge in [-0.2, -0.15) is 0 Å². The van der Waals surface area contributed by atoms with E-state index in [1.54, 1.807) is 10.8 Å². The van der Waals surface area contributed by atoms with Crippen LogP contribution in [0.5, 0.6) is 0 Å². The van der Waals surface area contributed by atoms with Crippen LogP contribution in [0.3, 0.4) is 0 Å². The molecule has 1 heterocycles. The van der Waals surface area contributed by atoms with Gasteiger partial charge in [0.25, 0.3) is 0 Å². The summed E-state index contributed by atoms with van der Waals surface area (Å²) in [5.41, 5.74) is 12.0. The van der Waals surface area contributed by atoms with Crippen molar-refractivity contribution in [3.05, 3.63) is 34.2 Å². The Morgan fingerprint density at radius 3 is 2.74 bits per heavy atom. The molecule has 1 aliphatic heterocycles. The number of azide groups is 1. The van der Waals surface area contributed by atoms with Crippen molar-refractivity contribution in [2.45, 2.75) is 33.1 Å². The molecule has 0 atom stereocenters. The Balaban J connectivity index is 2.59. The molecule has 0 aromatic heterocycles. The molecule has 1 aliphatic rings. The molecule has 1 N–H and O–H groups in total. The van der Waals surface area contributed by atoms with Crippen molar-refractivity contribution in [2.24, 2.45) is 5.22 Å². The van der Waals surface area contributed by atoms with Crippen molar-refractivity contribution in [2.75, 3.05) is 5.32 Å². The van der Waals surface area contributed by atoms with E-state index >= 15 is 0 Å². The number of fused-ring (bicyclic) bond motifs is 1. The second kappa shape index (κ2) is 4.40. The number of amides is 1. The van der Waals surface area contributed by atoms with Crippen LogP contribution in [0.25, 0.3) is 10.4 Å². The van der Waals surface area contributed by atoms with Gasteiger partial charge in [-0.25, -0.2) is 0 Å². The van der Waals surface area contributed by atoms with Crippen molar-refractivity contribution in [3.8, 4) is 0 Å². The molecule has 1 aromatic rings. The van der Waals surface area contributed by atoms with Gasteiger partial charge in [-0.15, -0.1) is 0 Å². The van der Waals surface area contributed by atoms with Crippen LogP contribution in [0.4, 0.5) is 11.4 Å². The molecular formula is C13H16N5O+. The first-order valence-electron chi connectivity index (χ1n) is 5.99. The number of hydrogen-bond donors (Lipinski definition) is 1. The Bertz CT molecular complexity index is 638. The quantitative estimate of drug-likeness (QED) is 0.375. The van der Waals surface area contributed by atoms with E-state index < -0.39 is 0 Å². The second-order valence-corrected chi connectivity index (χ2v) is 5.11. The number of benzene rings is 1. The van der Waals surface area contributed by atoms with Crippen molar-refractivity contribution in [1.29, 1.82) is 0 Å². The number of nitrogens with one attached hydrogen (secondary N) is 1. The predicted molar refractivity (Wildman–Crippen MR) is 73.5 cm³/mol. The first-order valence-corrected chi connectivity index (χ1v) is 5.99. The normalized spacial score (nSPS) is 15.8. The molecule has 0 saturated carbocycles. The molecule has 0 unspecified atom stereocenters. The highest BCUT2D eigenvalue weighted by atomic mass is 16.1. The zero-order valence-corrected chi connectivity index (χ0v) is 11.4. The summed E-state index contributed by atoms with van der Waals surface area (Å²) in [4.78, 5) is 14.0. The van der Waals surface area contributed by atoms with Crippen molar-refractivity contribution in [1.82, 2.24) is 0 Å². The van der Waals surface area contributed by atoms with Gasteiger partial charge in [-0.1, -0.05) is 4.68 Å². The smallest absolute Gasteiger partial charge is 0.228 e. The standard InChI is InChI=1S/C13H15N5O/c1-8-13(3,4)11-7-10(15-9(2)19)5-6-12(11)18(8)17-16-14/h5-7H,1-4H3/p+1. The zero-order valence-electron chi connectivity index (χ0n) is 11.4. The topological polar surface area (TPSA) is 80.9 Å². The minimum atomic E-state index is -0.238. The maximum Gasteiger partial charge on any atom is 0.228 e. The molecule has 0 spiro atoms. The lowest BCUT2D eigenvalue weighted by molar-refractivity contribution is -0.447. The number of anilines is 1. The number of carbonyl (C=O) groups excluding carboxylic acids is 1. The van der Waals surface area contributed by atoms with Crippen LogP contribution in [0.15, 0.2) is 23.4 Å². The molecule has 6 heteroatoms. The van der Waals surface area contributed by atoms with Crippen molar-refractivity contribution < 1.29 is 9.48 Å². The molecule has 1 aromatic carbocycles. The summed E-state index contributed by atoms with van der Waals surface area (Å²) in [6.07, 6.45) is 0. The van der Waals surface area contributed by atoms with Gasteiger partial charge in [-0.3, -0.25) is 4.79 Å². The van der Waals surface area contributed by atoms with Crippen molar-refractivity contribution >= 4 is 23.0 Å². The van der Waals surface area contributed by atoms with E-state index in [0.29, 0.717) is 0 Å². The Kier molecular flexibility index (Phi) is 3.04. The molecule has 0 bridgehead atoms. The fraction of sp³-hybridized carbons (Fsp3) is 0.385. The van der Waals surface area contributed by atoms with Crippen LogP contribution in [0, 0.1) is 0 Å². The predicted octanol–water partition coefficient (Wildman–Crippen LogP) is 3.27. The van der Waals surface area contributed by atoms with E-state index in [4.69, 9.17) is 5.53 Å². The van der Waals surface area contributed by atoms with E-state index in [1.165, 1.54) is 6.92 Å². The number of hydrogen-bond acceptors (Lipinski definition) is 2. The van der Waals surface area contributed by atoms with Crippen LogP contribution < -0.4 is 5.32 Å². The zero-order chi connectivity index (χ0) is 14.2. The summed E-state index contributed by atoms with van der Waals surface area (Å²) >= 11 is 0. The van der Waals surface area contributed by atoms with E-state index in [9.17, 15) is 4.79 Å². The lowest BCUT2D eigenvalue weighted by Crippen LogP contribution is -2.25. The number of rotatable bonds is 2. The van der Waals surface area contributed by atoms with E-state index in [1.807, 2.05) is 19.1 Å². The second-order valence-electron chi connectivity index (χ2n) is 5.11. The Hall–Kier alpha value is -2.33. The van der Waals surface area contributed by atoms with Gasteiger partial charge < -0.3 is 5.32 Å². The third kappa shape index (κ3) is 2.06. The van der Waals surface area contributed by atoms with Crippen LogP contribution in [-0.4, -0.2) is 16.3 Å². The summed E-state index contributed by atoms with van der Waals surface area (Å²) in [6, 6.07) is 5.58. The summed E-state index contributed by atoms with van der Waals surface area (Å²) in [5, 5.41) is 6.49. The van der Waals surface area contributed by atoms with Crippen LogP contribution in [-0.2, 0) is 10.2 Å². The molecule has 6 nitrogen and oxygen atoms in total. The molecule has 0 aliphatic carbocycles. The highest BCUT2D eigenvalue weighted by molar-refractivity contribution is 5.95. The molecule has 19 heavy (non-hydrogen) atoms. The van der Waals surface area contributed by atoms with Gasteiger partial charge in [0.2, 0.25) is 16.8 Å². The maximum absolute atomic E-state index is 11.1. The highest BCUT2D eigenvalue weighted by Crippen LogP contribution is 2.41. The van der Waals surface area contributed by atoms with E-state index in [0.717, 1.165) is 22.6 Å². The SMILES string of the molecule is CC(=O)Nc1ccc2c(c1)C(C)(C)C(C)=[N+]2N=[N+]=[N-]. The average Bonchev–Trinajstić information content (AvgIpc) is 2.51. The molecular weight excluding hydrogens is 242 g/mol. The van der Waals surface area contributed by atoms with Gasteiger partial charge in [0.1, 0.15) is 0 Å². The highest BCUT2D eigenvalue weighted by Gasteiger charge is 2.43. The minimum absolute atomic E-state index is 0.108. The van der Waals surface area contributed by atoms with Gasteiger partial charge in [0.15, 0.2) is 5.71 Å². The number of nitrogens with zero attached hydrogens (tertiary/aromatic N) is 4. The third-order valence-corrected chi connectivity index (χ3v) is 3.57. The largest absolute Gasteiger partial charge is 0.326 e. The number of carbonyl (C=O) groups is 1. The lowest BCUT2D eigenvalue weighted by atomic mass is 9.82. The summed E-state index contributed by atoms with van der Waals surface area (Å²) in [6.45, 7) is 7.53. The minimum Gasteiger partial charge on any atom is -0.326 e. The van der Waals surface area contributed by atoms with E-state index in [2.05, 4.69) is 29.3 Å². The Labute approximate surface area is 111 Å². The first-order chi connectivity index (χ1) is 8.87. The van der Waals surface area contributed by atoms with Gasteiger partial charge in [0, 0.05) is 36.7 Å². The lowest BCUT2D eigenvalue weighted by Gasteiger charge is -2.15. The summed E-state index contributed by atoms with van der Waals surface area (Å²) < 4.78 is 1.60.